The molecule has 0 N–H and O–H groups in total. The van der Waals surface area contributed by atoms with E-state index in [9.17, 15) is 21.6 Å². The smallest absolute Gasteiger partial charge is 0.242 e. The Morgan fingerprint density at radius 3 is 2.44 bits per heavy atom. The molecule has 1 heterocycles. The van der Waals surface area contributed by atoms with Gasteiger partial charge in [0.2, 0.25) is 0 Å². The van der Waals surface area contributed by atoms with Gasteiger partial charge in [-0.25, -0.2) is 26.6 Å². The van der Waals surface area contributed by atoms with Gasteiger partial charge in [-0.2, -0.15) is 5.26 Å². The maximum Gasteiger partial charge on any atom is 0.266 e. The second-order valence-electron chi connectivity index (χ2n) is 2.56. The van der Waals surface area contributed by atoms with E-state index in [0.717, 1.165) is 0 Å². The van der Waals surface area contributed by atoms with Crippen LogP contribution < -0.4 is 0 Å². The van der Waals surface area contributed by atoms with Crippen molar-refractivity contribution in [3.8, 4) is 6.07 Å². The topological polar surface area (TPSA) is 70.8 Å². The van der Waals surface area contributed by atoms with Gasteiger partial charge in [0, 0.05) is 16.9 Å². The van der Waals surface area contributed by atoms with Crippen LogP contribution in [0, 0.1) is 17.1 Å². The van der Waals surface area contributed by atoms with Crippen LogP contribution in [0.15, 0.2) is 11.1 Å². The third-order valence-corrected chi connectivity index (χ3v) is 2.95. The maximum absolute atomic E-state index is 13.3. The van der Waals surface area contributed by atoms with Crippen molar-refractivity contribution < 1.29 is 21.6 Å². The molecule has 86 valence electrons. The first-order valence-electron chi connectivity index (χ1n) is 3.60. The molecule has 1 aromatic heterocycles. The fourth-order valence-electron chi connectivity index (χ4n) is 0.965. The zero-order valence-electron chi connectivity index (χ0n) is 7.29. The number of nitriles is 1. The molecule has 1 rings (SSSR count). The van der Waals surface area contributed by atoms with Gasteiger partial charge in [0.15, 0.2) is 11.5 Å². The third kappa shape index (κ3) is 2.25. The Morgan fingerprint density at radius 2 is 2.06 bits per heavy atom. The van der Waals surface area contributed by atoms with E-state index < -0.39 is 37.4 Å². The molecule has 0 aliphatic rings. The van der Waals surface area contributed by atoms with Gasteiger partial charge in [-0.15, -0.1) is 0 Å². The van der Waals surface area contributed by atoms with Crippen molar-refractivity contribution in [2.75, 3.05) is 0 Å². The lowest BCUT2D eigenvalue weighted by molar-refractivity contribution is 0.146. The first-order valence-corrected chi connectivity index (χ1v) is 5.91. The van der Waals surface area contributed by atoms with Crippen LogP contribution in [0.5, 0.6) is 0 Å². The van der Waals surface area contributed by atoms with E-state index >= 15 is 0 Å². The largest absolute Gasteiger partial charge is 0.266 e. The fourth-order valence-corrected chi connectivity index (χ4v) is 2.17. The van der Waals surface area contributed by atoms with Gasteiger partial charge in [-0.3, -0.25) is 0 Å². The Labute approximate surface area is 92.7 Å². The van der Waals surface area contributed by atoms with Crippen LogP contribution in [-0.2, 0) is 9.05 Å². The number of rotatable bonds is 2. The van der Waals surface area contributed by atoms with E-state index in [-0.39, 0.29) is 0 Å². The number of pyridine rings is 1. The van der Waals surface area contributed by atoms with Gasteiger partial charge >= 0.3 is 0 Å². The standard InChI is InChI=1S/C7H2ClF3N2O2S/c8-16(14,15)6-3(7(10)11)2-13-4(1-12)5(6)9/h2,7H. The number of alkyl halides is 2. The van der Waals surface area contributed by atoms with Gasteiger partial charge in [0.25, 0.3) is 15.5 Å². The molecule has 16 heavy (non-hydrogen) atoms. The molecular weight excluding hydrogens is 269 g/mol. The monoisotopic (exact) mass is 270 g/mol. The lowest BCUT2D eigenvalue weighted by Crippen LogP contribution is -2.06. The Hall–Kier alpha value is -1.33. The molecule has 9 heteroatoms. The summed E-state index contributed by atoms with van der Waals surface area (Å²) in [6, 6.07) is 1.22. The number of halogens is 4. The minimum absolute atomic E-state index is 0.404. The minimum atomic E-state index is -4.72. The number of nitrogens with zero attached hydrogens (tertiary/aromatic N) is 2. The normalized spacial score (nSPS) is 11.5. The van der Waals surface area contributed by atoms with E-state index in [1.807, 2.05) is 0 Å². The van der Waals surface area contributed by atoms with Gasteiger partial charge in [-0.05, 0) is 0 Å². The summed E-state index contributed by atoms with van der Waals surface area (Å²) in [6.07, 6.45) is -2.86. The van der Waals surface area contributed by atoms with Crippen molar-refractivity contribution in [3.05, 3.63) is 23.3 Å². The van der Waals surface area contributed by atoms with Crippen molar-refractivity contribution >= 4 is 19.7 Å². The molecule has 0 aromatic carbocycles. The Morgan fingerprint density at radius 1 is 1.50 bits per heavy atom. The lowest BCUT2D eigenvalue weighted by Gasteiger charge is -2.06. The fraction of sp³-hybridized carbons (Fsp3) is 0.143. The third-order valence-electron chi connectivity index (χ3n) is 1.59. The van der Waals surface area contributed by atoms with E-state index in [1.54, 1.807) is 0 Å². The molecule has 0 atom stereocenters. The summed E-state index contributed by atoms with van der Waals surface area (Å²) in [5, 5.41) is 8.36. The van der Waals surface area contributed by atoms with Crippen molar-refractivity contribution in [2.24, 2.45) is 0 Å². The van der Waals surface area contributed by atoms with Crippen LogP contribution in [0.25, 0.3) is 0 Å². The average Bonchev–Trinajstić information content (AvgIpc) is 2.14. The summed E-state index contributed by atoms with van der Waals surface area (Å²) in [5.41, 5.74) is -2.09. The summed E-state index contributed by atoms with van der Waals surface area (Å²) in [5.74, 6) is -1.67. The van der Waals surface area contributed by atoms with E-state index in [2.05, 4.69) is 4.98 Å². The summed E-state index contributed by atoms with van der Waals surface area (Å²) >= 11 is 0. The van der Waals surface area contributed by atoms with Gasteiger partial charge in [0.1, 0.15) is 11.0 Å². The van der Waals surface area contributed by atoms with Crippen LogP contribution >= 0.6 is 10.7 Å². The highest BCUT2D eigenvalue weighted by Gasteiger charge is 2.28. The van der Waals surface area contributed by atoms with Crippen molar-refractivity contribution in [1.82, 2.24) is 4.98 Å². The quantitative estimate of drug-likeness (QED) is 0.770. The van der Waals surface area contributed by atoms with Gasteiger partial charge in [-0.1, -0.05) is 0 Å². The molecule has 0 fully saturated rings. The molecule has 0 amide bonds. The molecule has 0 radical (unpaired) electrons. The number of hydrogen-bond donors (Lipinski definition) is 0. The molecule has 0 aliphatic carbocycles. The van der Waals surface area contributed by atoms with Crippen molar-refractivity contribution in [3.63, 3.8) is 0 Å². The molecule has 0 saturated carbocycles. The molecule has 0 bridgehead atoms. The Balaban J connectivity index is 3.72. The highest BCUT2D eigenvalue weighted by atomic mass is 35.7. The lowest BCUT2D eigenvalue weighted by atomic mass is 10.2. The van der Waals surface area contributed by atoms with Crippen LogP contribution in [0.4, 0.5) is 13.2 Å². The summed E-state index contributed by atoms with van der Waals surface area (Å²) < 4.78 is 59.8. The summed E-state index contributed by atoms with van der Waals surface area (Å²) in [6.45, 7) is 0. The predicted octanol–water partition coefficient (Wildman–Crippen LogP) is 1.96. The van der Waals surface area contributed by atoms with Crippen LogP contribution in [-0.4, -0.2) is 13.4 Å². The SMILES string of the molecule is N#Cc1ncc(C(F)F)c(S(=O)(=O)Cl)c1F. The van der Waals surface area contributed by atoms with Gasteiger partial charge < -0.3 is 0 Å². The molecule has 1 aromatic rings. The Kier molecular flexibility index (Phi) is 3.40. The molecular formula is C7H2ClF3N2O2S. The second kappa shape index (κ2) is 4.27. The zero-order valence-corrected chi connectivity index (χ0v) is 8.86. The van der Waals surface area contributed by atoms with Crippen molar-refractivity contribution in [2.45, 2.75) is 11.3 Å². The van der Waals surface area contributed by atoms with Crippen LogP contribution in [0.3, 0.4) is 0 Å². The first kappa shape index (κ1) is 12.7. The maximum atomic E-state index is 13.3. The average molecular weight is 271 g/mol. The van der Waals surface area contributed by atoms with Gasteiger partial charge in [0.05, 0.1) is 5.56 Å². The summed E-state index contributed by atoms with van der Waals surface area (Å²) in [7, 11) is 0.0881. The predicted molar refractivity (Wildman–Crippen MR) is 46.9 cm³/mol. The second-order valence-corrected chi connectivity index (χ2v) is 5.06. The van der Waals surface area contributed by atoms with Crippen LogP contribution in [0.2, 0.25) is 0 Å². The van der Waals surface area contributed by atoms with Crippen molar-refractivity contribution in [1.29, 1.82) is 5.26 Å². The molecule has 0 unspecified atom stereocenters. The minimum Gasteiger partial charge on any atom is -0.242 e. The number of hydrogen-bond acceptors (Lipinski definition) is 4. The first-order chi connectivity index (χ1) is 7.29. The van der Waals surface area contributed by atoms with Crippen LogP contribution in [0.1, 0.15) is 17.7 Å². The highest BCUT2D eigenvalue weighted by Crippen LogP contribution is 2.31. The molecule has 0 saturated heterocycles. The van der Waals surface area contributed by atoms with E-state index in [0.29, 0.717) is 6.20 Å². The summed E-state index contributed by atoms with van der Waals surface area (Å²) in [4.78, 5) is 1.65. The van der Waals surface area contributed by atoms with E-state index in [1.165, 1.54) is 6.07 Å². The zero-order chi connectivity index (χ0) is 12.5. The highest BCUT2D eigenvalue weighted by molar-refractivity contribution is 8.13. The molecule has 0 aliphatic heterocycles. The van der Waals surface area contributed by atoms with E-state index in [4.69, 9.17) is 15.9 Å². The Bertz CT molecular complexity index is 568. The molecule has 0 spiro atoms. The number of aromatic nitrogens is 1. The molecule has 4 nitrogen and oxygen atoms in total.